The van der Waals surface area contributed by atoms with E-state index in [2.05, 4.69) is 10.3 Å². The largest absolute Gasteiger partial charge is 0.320 e. The van der Waals surface area contributed by atoms with Gasteiger partial charge >= 0.3 is 5.69 Å². The first kappa shape index (κ1) is 17.7. The SMILES string of the molecule is O=C(Nc1ccc(F)c([N+](=O)[O-])c1)c1nc(Cl)c(Cl)c(Cl)c1Cl. The highest BCUT2D eigenvalue weighted by molar-refractivity contribution is 6.52. The second kappa shape index (κ2) is 6.84. The number of anilines is 1. The molecule has 6 nitrogen and oxygen atoms in total. The van der Waals surface area contributed by atoms with E-state index in [9.17, 15) is 19.3 Å². The number of aromatic nitrogens is 1. The Labute approximate surface area is 148 Å². The fraction of sp³-hybridized carbons (Fsp3) is 0. The Morgan fingerprint density at radius 2 is 1.83 bits per heavy atom. The summed E-state index contributed by atoms with van der Waals surface area (Å²) < 4.78 is 13.3. The van der Waals surface area contributed by atoms with Crippen LogP contribution in [0.5, 0.6) is 0 Å². The lowest BCUT2D eigenvalue weighted by Gasteiger charge is -2.09. The highest BCUT2D eigenvalue weighted by atomic mass is 35.5. The van der Waals surface area contributed by atoms with Crippen LogP contribution in [0.3, 0.4) is 0 Å². The van der Waals surface area contributed by atoms with Gasteiger partial charge in [0.2, 0.25) is 5.82 Å². The van der Waals surface area contributed by atoms with Crippen LogP contribution in [-0.4, -0.2) is 15.8 Å². The third kappa shape index (κ3) is 3.64. The van der Waals surface area contributed by atoms with Gasteiger partial charge in [-0.3, -0.25) is 14.9 Å². The average molecular weight is 399 g/mol. The quantitative estimate of drug-likeness (QED) is 0.448. The van der Waals surface area contributed by atoms with E-state index in [4.69, 9.17) is 46.4 Å². The second-order valence-corrected chi connectivity index (χ2v) is 5.56. The molecule has 1 heterocycles. The van der Waals surface area contributed by atoms with Gasteiger partial charge in [0, 0.05) is 11.8 Å². The standard InChI is InChI=1S/C12H4Cl4FN3O3/c13-7-8(14)10(19-11(16)9(7)15)12(21)18-4-1-2-5(17)6(3-4)20(22)23/h1-3H,(H,18,21). The molecule has 0 atom stereocenters. The maximum atomic E-state index is 13.3. The van der Waals surface area contributed by atoms with Crippen LogP contribution in [0.2, 0.25) is 20.2 Å². The Balaban J connectivity index is 2.37. The summed E-state index contributed by atoms with van der Waals surface area (Å²) in [6.45, 7) is 0. The minimum Gasteiger partial charge on any atom is -0.320 e. The zero-order valence-electron chi connectivity index (χ0n) is 10.7. The van der Waals surface area contributed by atoms with Crippen molar-refractivity contribution in [2.45, 2.75) is 0 Å². The van der Waals surface area contributed by atoms with Crippen LogP contribution in [0.4, 0.5) is 15.8 Å². The van der Waals surface area contributed by atoms with Crippen molar-refractivity contribution in [1.29, 1.82) is 0 Å². The molecule has 11 heteroatoms. The molecule has 2 aromatic rings. The summed E-state index contributed by atoms with van der Waals surface area (Å²) in [6.07, 6.45) is 0. The van der Waals surface area contributed by atoms with E-state index in [1.165, 1.54) is 0 Å². The molecule has 0 unspecified atom stereocenters. The highest BCUT2D eigenvalue weighted by Gasteiger charge is 2.21. The van der Waals surface area contributed by atoms with Crippen molar-refractivity contribution in [3.63, 3.8) is 0 Å². The number of nitrogens with one attached hydrogen (secondary N) is 1. The van der Waals surface area contributed by atoms with Crippen LogP contribution in [0.25, 0.3) is 0 Å². The molecule has 0 saturated heterocycles. The van der Waals surface area contributed by atoms with Gasteiger partial charge in [-0.05, 0) is 12.1 Å². The van der Waals surface area contributed by atoms with E-state index < -0.39 is 22.3 Å². The monoisotopic (exact) mass is 397 g/mol. The summed E-state index contributed by atoms with van der Waals surface area (Å²) in [5, 5.41) is 12.2. The Bertz CT molecular complexity index is 832. The number of halogens is 5. The van der Waals surface area contributed by atoms with E-state index >= 15 is 0 Å². The summed E-state index contributed by atoms with van der Waals surface area (Å²) >= 11 is 23.1. The Morgan fingerprint density at radius 1 is 1.17 bits per heavy atom. The maximum Gasteiger partial charge on any atom is 0.306 e. The first-order valence-electron chi connectivity index (χ1n) is 5.67. The number of nitrogens with zero attached hydrogens (tertiary/aromatic N) is 2. The van der Waals surface area contributed by atoms with Crippen molar-refractivity contribution in [2.24, 2.45) is 0 Å². The van der Waals surface area contributed by atoms with Gasteiger partial charge in [0.15, 0.2) is 0 Å². The van der Waals surface area contributed by atoms with Gasteiger partial charge in [-0.15, -0.1) is 0 Å². The maximum absolute atomic E-state index is 13.3. The van der Waals surface area contributed by atoms with Crippen molar-refractivity contribution in [1.82, 2.24) is 4.98 Å². The molecule has 1 N–H and O–H groups in total. The van der Waals surface area contributed by atoms with Crippen molar-refractivity contribution in [3.8, 4) is 0 Å². The molecule has 0 aliphatic carbocycles. The molecule has 1 aromatic heterocycles. The molecule has 0 saturated carbocycles. The van der Waals surface area contributed by atoms with Crippen LogP contribution in [0.15, 0.2) is 18.2 Å². The van der Waals surface area contributed by atoms with Gasteiger partial charge in [-0.2, -0.15) is 4.39 Å². The molecule has 23 heavy (non-hydrogen) atoms. The van der Waals surface area contributed by atoms with E-state index in [0.717, 1.165) is 18.2 Å². The molecule has 2 rings (SSSR count). The zero-order chi connectivity index (χ0) is 17.3. The second-order valence-electron chi connectivity index (χ2n) is 4.07. The molecule has 1 amide bonds. The highest BCUT2D eigenvalue weighted by Crippen LogP contribution is 2.36. The number of amides is 1. The number of benzene rings is 1. The van der Waals surface area contributed by atoms with Crippen molar-refractivity contribution < 1.29 is 14.1 Å². The summed E-state index contributed by atoms with van der Waals surface area (Å²) in [4.78, 5) is 25.6. The predicted molar refractivity (Wildman–Crippen MR) is 85.3 cm³/mol. The Hall–Kier alpha value is -1.67. The number of carbonyl (C=O) groups is 1. The van der Waals surface area contributed by atoms with E-state index in [0.29, 0.717) is 0 Å². The molecule has 0 radical (unpaired) electrons. The van der Waals surface area contributed by atoms with Gasteiger partial charge in [0.25, 0.3) is 5.91 Å². The summed E-state index contributed by atoms with van der Waals surface area (Å²) in [5.74, 6) is -1.89. The Morgan fingerprint density at radius 3 is 2.43 bits per heavy atom. The third-order valence-corrected chi connectivity index (χ3v) is 4.28. The van der Waals surface area contributed by atoms with Crippen molar-refractivity contribution >= 4 is 63.7 Å². The number of nitro groups is 1. The molecule has 1 aromatic carbocycles. The lowest BCUT2D eigenvalue weighted by Crippen LogP contribution is -2.15. The van der Waals surface area contributed by atoms with Crippen LogP contribution in [0.1, 0.15) is 10.5 Å². The van der Waals surface area contributed by atoms with Gasteiger partial charge < -0.3 is 5.32 Å². The number of hydrogen-bond donors (Lipinski definition) is 1. The van der Waals surface area contributed by atoms with Crippen molar-refractivity contribution in [3.05, 3.63) is 60.0 Å². The number of nitro benzene ring substituents is 1. The van der Waals surface area contributed by atoms with E-state index in [1.807, 2.05) is 0 Å². The summed E-state index contributed by atoms with van der Waals surface area (Å²) in [5.41, 5.74) is -1.17. The Kier molecular flexibility index (Phi) is 5.26. The number of pyridine rings is 1. The fourth-order valence-corrected chi connectivity index (χ4v) is 2.37. The van der Waals surface area contributed by atoms with Gasteiger partial charge in [0.1, 0.15) is 10.8 Å². The van der Waals surface area contributed by atoms with E-state index in [1.54, 1.807) is 0 Å². The van der Waals surface area contributed by atoms with Crippen LogP contribution >= 0.6 is 46.4 Å². The lowest BCUT2D eigenvalue weighted by atomic mass is 10.2. The number of rotatable bonds is 3. The number of carbonyl (C=O) groups excluding carboxylic acids is 1. The van der Waals surface area contributed by atoms with Gasteiger partial charge in [0.05, 0.1) is 20.0 Å². The molecule has 0 fully saturated rings. The van der Waals surface area contributed by atoms with E-state index in [-0.39, 0.29) is 31.6 Å². The molecule has 120 valence electrons. The van der Waals surface area contributed by atoms with Gasteiger partial charge in [-0.1, -0.05) is 46.4 Å². The molecular weight excluding hydrogens is 395 g/mol. The summed E-state index contributed by atoms with van der Waals surface area (Å²) in [6, 6.07) is 2.82. The van der Waals surface area contributed by atoms with Crippen LogP contribution < -0.4 is 5.32 Å². The normalized spacial score (nSPS) is 10.5. The molecule has 0 aliphatic heterocycles. The van der Waals surface area contributed by atoms with Crippen molar-refractivity contribution in [2.75, 3.05) is 5.32 Å². The fourth-order valence-electron chi connectivity index (χ4n) is 1.56. The molecule has 0 spiro atoms. The van der Waals surface area contributed by atoms with Gasteiger partial charge in [-0.25, -0.2) is 4.98 Å². The minimum atomic E-state index is -1.04. The third-order valence-electron chi connectivity index (χ3n) is 2.60. The van der Waals surface area contributed by atoms with Crippen LogP contribution in [0, 0.1) is 15.9 Å². The number of hydrogen-bond acceptors (Lipinski definition) is 4. The van der Waals surface area contributed by atoms with Crippen LogP contribution in [-0.2, 0) is 0 Å². The first-order chi connectivity index (χ1) is 10.7. The minimum absolute atomic E-state index is 0.0387. The molecule has 0 aliphatic rings. The zero-order valence-corrected chi connectivity index (χ0v) is 13.8. The topological polar surface area (TPSA) is 85.1 Å². The smallest absolute Gasteiger partial charge is 0.306 e. The lowest BCUT2D eigenvalue weighted by molar-refractivity contribution is -0.387. The molecular formula is C12H4Cl4FN3O3. The summed E-state index contributed by atoms with van der Waals surface area (Å²) in [7, 11) is 0. The first-order valence-corrected chi connectivity index (χ1v) is 7.18. The molecule has 0 bridgehead atoms. The predicted octanol–water partition coefficient (Wildman–Crippen LogP) is 4.99. The average Bonchev–Trinajstić information content (AvgIpc) is 2.50.